The predicted molar refractivity (Wildman–Crippen MR) is 61.4 cm³/mol. The molecule has 3 heteroatoms. The fourth-order valence-electron chi connectivity index (χ4n) is 1.25. The molecule has 0 amide bonds. The van der Waals surface area contributed by atoms with Crippen LogP contribution in [0, 0.1) is 6.92 Å². The van der Waals surface area contributed by atoms with Crippen molar-refractivity contribution in [1.82, 2.24) is 4.98 Å². The number of pyridine rings is 1. The van der Waals surface area contributed by atoms with Crippen LogP contribution < -0.4 is 11.1 Å². The number of nitrogen functional groups attached to an aromatic ring is 1. The Bertz CT molecular complexity index is 284. The third-order valence-electron chi connectivity index (χ3n) is 2.24. The summed E-state index contributed by atoms with van der Waals surface area (Å²) in [6.07, 6.45) is 5.41. The molecule has 0 aliphatic rings. The minimum Gasteiger partial charge on any atom is -0.397 e. The number of hydrogen-bond acceptors (Lipinski definition) is 3. The normalized spacial score (nSPS) is 10.1. The number of aryl methyl sites for hydroxylation is 1. The Labute approximate surface area is 85.7 Å². The van der Waals surface area contributed by atoms with Crippen LogP contribution in [0.3, 0.4) is 0 Å². The van der Waals surface area contributed by atoms with E-state index in [4.69, 9.17) is 5.73 Å². The summed E-state index contributed by atoms with van der Waals surface area (Å²) in [7, 11) is 0. The minimum atomic E-state index is 0.754. The Morgan fingerprint density at radius 3 is 2.86 bits per heavy atom. The molecule has 0 aliphatic heterocycles. The molecule has 0 saturated heterocycles. The standard InChI is InChI=1S/C11H19N3/c1-3-4-5-6-13-11-7-9(2)10(12)8-14-11/h7-8H,3-6,12H2,1-2H3,(H,13,14). The Balaban J connectivity index is 2.39. The lowest BCUT2D eigenvalue weighted by Crippen LogP contribution is -2.04. The van der Waals surface area contributed by atoms with Gasteiger partial charge in [-0.05, 0) is 25.0 Å². The van der Waals surface area contributed by atoms with Gasteiger partial charge in [-0.3, -0.25) is 0 Å². The van der Waals surface area contributed by atoms with Gasteiger partial charge in [-0.2, -0.15) is 0 Å². The smallest absolute Gasteiger partial charge is 0.126 e. The van der Waals surface area contributed by atoms with Gasteiger partial charge in [0.15, 0.2) is 0 Å². The van der Waals surface area contributed by atoms with Crippen molar-refractivity contribution in [3.63, 3.8) is 0 Å². The quantitative estimate of drug-likeness (QED) is 0.707. The van der Waals surface area contributed by atoms with Gasteiger partial charge < -0.3 is 11.1 Å². The third kappa shape index (κ3) is 3.24. The lowest BCUT2D eigenvalue weighted by atomic mass is 10.2. The van der Waals surface area contributed by atoms with Gasteiger partial charge in [-0.15, -0.1) is 0 Å². The van der Waals surface area contributed by atoms with E-state index in [0.29, 0.717) is 0 Å². The molecule has 0 spiro atoms. The summed E-state index contributed by atoms with van der Waals surface area (Å²) in [6.45, 7) is 5.18. The van der Waals surface area contributed by atoms with Crippen molar-refractivity contribution in [3.05, 3.63) is 17.8 Å². The molecule has 14 heavy (non-hydrogen) atoms. The summed E-state index contributed by atoms with van der Waals surface area (Å²) < 4.78 is 0. The van der Waals surface area contributed by atoms with Gasteiger partial charge in [0.05, 0.1) is 11.9 Å². The summed E-state index contributed by atoms with van der Waals surface area (Å²) in [5.41, 5.74) is 7.51. The number of nitrogens with zero attached hydrogens (tertiary/aromatic N) is 1. The van der Waals surface area contributed by atoms with E-state index >= 15 is 0 Å². The Morgan fingerprint density at radius 2 is 2.21 bits per heavy atom. The second kappa shape index (κ2) is 5.47. The molecule has 0 aromatic carbocycles. The average Bonchev–Trinajstić information content (AvgIpc) is 2.18. The van der Waals surface area contributed by atoms with Crippen LogP contribution in [0.5, 0.6) is 0 Å². The molecule has 1 aromatic rings. The Morgan fingerprint density at radius 1 is 1.43 bits per heavy atom. The first kappa shape index (κ1) is 10.8. The molecular weight excluding hydrogens is 174 g/mol. The Hall–Kier alpha value is -1.25. The highest BCUT2D eigenvalue weighted by Crippen LogP contribution is 2.12. The van der Waals surface area contributed by atoms with E-state index in [0.717, 1.165) is 23.6 Å². The number of nitrogens with two attached hydrogens (primary N) is 1. The lowest BCUT2D eigenvalue weighted by molar-refractivity contribution is 0.742. The maximum atomic E-state index is 5.67. The van der Waals surface area contributed by atoms with Crippen LogP contribution in [-0.4, -0.2) is 11.5 Å². The average molecular weight is 193 g/mol. The number of rotatable bonds is 5. The summed E-state index contributed by atoms with van der Waals surface area (Å²) in [4.78, 5) is 4.20. The highest BCUT2D eigenvalue weighted by atomic mass is 15.0. The van der Waals surface area contributed by atoms with Gasteiger partial charge in [-0.25, -0.2) is 4.98 Å². The van der Waals surface area contributed by atoms with Crippen molar-refractivity contribution in [1.29, 1.82) is 0 Å². The highest BCUT2D eigenvalue weighted by molar-refractivity contribution is 5.50. The lowest BCUT2D eigenvalue weighted by Gasteiger charge is -2.06. The van der Waals surface area contributed by atoms with Crippen molar-refractivity contribution in [2.24, 2.45) is 0 Å². The molecule has 3 N–H and O–H groups in total. The molecule has 0 radical (unpaired) electrons. The van der Waals surface area contributed by atoms with Crippen LogP contribution in [0.1, 0.15) is 31.7 Å². The van der Waals surface area contributed by atoms with E-state index in [-0.39, 0.29) is 0 Å². The van der Waals surface area contributed by atoms with Gasteiger partial charge >= 0.3 is 0 Å². The maximum absolute atomic E-state index is 5.67. The van der Waals surface area contributed by atoms with E-state index in [1.54, 1.807) is 6.20 Å². The zero-order valence-electron chi connectivity index (χ0n) is 9.01. The minimum absolute atomic E-state index is 0.754. The highest BCUT2D eigenvalue weighted by Gasteiger charge is 1.96. The molecule has 1 aromatic heterocycles. The number of hydrogen-bond donors (Lipinski definition) is 2. The van der Waals surface area contributed by atoms with E-state index in [9.17, 15) is 0 Å². The monoisotopic (exact) mass is 193 g/mol. The molecule has 0 atom stereocenters. The van der Waals surface area contributed by atoms with Crippen molar-refractivity contribution in [3.8, 4) is 0 Å². The molecule has 0 fully saturated rings. The molecule has 0 unspecified atom stereocenters. The zero-order chi connectivity index (χ0) is 10.4. The van der Waals surface area contributed by atoms with Gasteiger partial charge in [0.25, 0.3) is 0 Å². The summed E-state index contributed by atoms with van der Waals surface area (Å²) in [5, 5.41) is 3.28. The van der Waals surface area contributed by atoms with Crippen LogP contribution >= 0.6 is 0 Å². The number of nitrogens with one attached hydrogen (secondary N) is 1. The first-order chi connectivity index (χ1) is 6.74. The van der Waals surface area contributed by atoms with Gasteiger partial charge in [0.2, 0.25) is 0 Å². The maximum Gasteiger partial charge on any atom is 0.126 e. The fraction of sp³-hybridized carbons (Fsp3) is 0.545. The number of aromatic nitrogens is 1. The summed E-state index contributed by atoms with van der Waals surface area (Å²) in [5.74, 6) is 0.924. The summed E-state index contributed by atoms with van der Waals surface area (Å²) in [6, 6.07) is 1.99. The SMILES string of the molecule is CCCCCNc1cc(C)c(N)cn1. The predicted octanol–water partition coefficient (Wildman–Crippen LogP) is 2.57. The van der Waals surface area contributed by atoms with Crippen molar-refractivity contribution >= 4 is 11.5 Å². The third-order valence-corrected chi connectivity index (χ3v) is 2.24. The van der Waals surface area contributed by atoms with Crippen LogP contribution in [-0.2, 0) is 0 Å². The molecule has 1 heterocycles. The first-order valence-corrected chi connectivity index (χ1v) is 5.20. The Kier molecular flexibility index (Phi) is 4.23. The topological polar surface area (TPSA) is 50.9 Å². The summed E-state index contributed by atoms with van der Waals surface area (Å²) >= 11 is 0. The van der Waals surface area contributed by atoms with Crippen LogP contribution in [0.25, 0.3) is 0 Å². The number of anilines is 2. The second-order valence-electron chi connectivity index (χ2n) is 3.56. The van der Waals surface area contributed by atoms with E-state index < -0.39 is 0 Å². The molecule has 0 saturated carbocycles. The fourth-order valence-corrected chi connectivity index (χ4v) is 1.25. The van der Waals surface area contributed by atoms with Gasteiger partial charge in [0, 0.05) is 6.54 Å². The van der Waals surface area contributed by atoms with Crippen molar-refractivity contribution < 1.29 is 0 Å². The van der Waals surface area contributed by atoms with Crippen molar-refractivity contribution in [2.75, 3.05) is 17.6 Å². The molecule has 1 rings (SSSR count). The molecule has 3 nitrogen and oxygen atoms in total. The molecule has 78 valence electrons. The molecule has 0 bridgehead atoms. The van der Waals surface area contributed by atoms with Crippen molar-refractivity contribution in [2.45, 2.75) is 33.1 Å². The largest absolute Gasteiger partial charge is 0.397 e. The van der Waals surface area contributed by atoms with E-state index in [1.807, 2.05) is 13.0 Å². The van der Waals surface area contributed by atoms with Crippen LogP contribution in [0.4, 0.5) is 11.5 Å². The van der Waals surface area contributed by atoms with Gasteiger partial charge in [0.1, 0.15) is 5.82 Å². The van der Waals surface area contributed by atoms with Gasteiger partial charge in [-0.1, -0.05) is 19.8 Å². The van der Waals surface area contributed by atoms with Crippen LogP contribution in [0.2, 0.25) is 0 Å². The van der Waals surface area contributed by atoms with E-state index in [2.05, 4.69) is 17.2 Å². The second-order valence-corrected chi connectivity index (χ2v) is 3.56. The molecular formula is C11H19N3. The van der Waals surface area contributed by atoms with E-state index in [1.165, 1.54) is 19.3 Å². The first-order valence-electron chi connectivity index (χ1n) is 5.20. The number of unbranched alkanes of at least 4 members (excludes halogenated alkanes) is 2. The van der Waals surface area contributed by atoms with Crippen LogP contribution in [0.15, 0.2) is 12.3 Å². The zero-order valence-corrected chi connectivity index (χ0v) is 9.01. The molecule has 0 aliphatic carbocycles.